The van der Waals surface area contributed by atoms with Gasteiger partial charge in [0, 0.05) is 37.3 Å². The van der Waals surface area contributed by atoms with Crippen LogP contribution in [0.5, 0.6) is 0 Å². The number of aliphatic carboxylic acids is 1. The summed E-state index contributed by atoms with van der Waals surface area (Å²) < 4.78 is 7.18. The van der Waals surface area contributed by atoms with Crippen molar-refractivity contribution >= 4 is 12.1 Å². The van der Waals surface area contributed by atoms with Gasteiger partial charge in [0.05, 0.1) is 6.33 Å². The van der Waals surface area contributed by atoms with Crippen molar-refractivity contribution in [2.24, 2.45) is 0 Å². The highest BCUT2D eigenvalue weighted by atomic mass is 16.5. The van der Waals surface area contributed by atoms with Crippen LogP contribution in [0.15, 0.2) is 42.9 Å². The quantitative estimate of drug-likeness (QED) is 0.729. The summed E-state index contributed by atoms with van der Waals surface area (Å²) in [4.78, 5) is 27.0. The number of benzene rings is 1. The first kappa shape index (κ1) is 18.5. The molecule has 25 heavy (non-hydrogen) atoms. The number of carbonyl (C=O) groups is 2. The Labute approximate surface area is 146 Å². The molecule has 0 bridgehead atoms. The molecule has 0 saturated carbocycles. The highest BCUT2D eigenvalue weighted by molar-refractivity contribution is 5.68. The molecule has 1 atom stereocenters. The van der Waals surface area contributed by atoms with Gasteiger partial charge in [-0.15, -0.1) is 0 Å². The van der Waals surface area contributed by atoms with Crippen LogP contribution in [0.4, 0.5) is 4.79 Å². The average molecular weight is 345 g/mol. The van der Waals surface area contributed by atoms with Crippen LogP contribution in [-0.2, 0) is 29.1 Å². The van der Waals surface area contributed by atoms with E-state index in [0.717, 1.165) is 17.8 Å². The zero-order chi connectivity index (χ0) is 18.1. The number of hydrogen-bond donors (Lipinski definition) is 2. The Morgan fingerprint density at radius 3 is 2.76 bits per heavy atom. The summed E-state index contributed by atoms with van der Waals surface area (Å²) in [6.45, 7) is 2.93. The van der Waals surface area contributed by atoms with Gasteiger partial charge in [-0.05, 0) is 18.9 Å². The molecule has 7 heteroatoms. The molecule has 0 aliphatic carbocycles. The number of aromatic nitrogens is 2. The number of carboxylic acids is 1. The van der Waals surface area contributed by atoms with E-state index in [-0.39, 0.29) is 19.1 Å². The predicted octanol–water partition coefficient (Wildman–Crippen LogP) is 2.61. The molecular formula is C18H23N3O4. The number of amides is 1. The van der Waals surface area contributed by atoms with Gasteiger partial charge in [0.25, 0.3) is 0 Å². The van der Waals surface area contributed by atoms with Gasteiger partial charge in [-0.3, -0.25) is 4.79 Å². The molecule has 1 aromatic heterocycles. The topological polar surface area (TPSA) is 93.5 Å². The molecule has 0 aliphatic rings. The molecule has 1 aromatic carbocycles. The lowest BCUT2D eigenvalue weighted by Gasteiger charge is -2.18. The second-order valence-corrected chi connectivity index (χ2v) is 5.71. The average Bonchev–Trinajstić information content (AvgIpc) is 3.06. The molecule has 1 amide bonds. The van der Waals surface area contributed by atoms with Crippen LogP contribution in [0.1, 0.15) is 31.0 Å². The molecule has 0 radical (unpaired) electrons. The Morgan fingerprint density at radius 2 is 2.08 bits per heavy atom. The van der Waals surface area contributed by atoms with Crippen molar-refractivity contribution in [3.8, 4) is 0 Å². The van der Waals surface area contributed by atoms with Gasteiger partial charge in [0.15, 0.2) is 0 Å². The van der Waals surface area contributed by atoms with Crippen LogP contribution in [0.25, 0.3) is 0 Å². The molecule has 134 valence electrons. The maximum absolute atomic E-state index is 12.1. The number of imidazole rings is 1. The third-order valence-electron chi connectivity index (χ3n) is 3.84. The number of ether oxygens (including phenoxy) is 1. The molecule has 2 N–H and O–H groups in total. The molecule has 7 nitrogen and oxygen atoms in total. The van der Waals surface area contributed by atoms with Gasteiger partial charge in [-0.25, -0.2) is 9.78 Å². The summed E-state index contributed by atoms with van der Waals surface area (Å²) in [6.07, 6.45) is 3.70. The molecule has 1 unspecified atom stereocenters. The summed E-state index contributed by atoms with van der Waals surface area (Å²) in [5.41, 5.74) is 1.84. The first-order valence-electron chi connectivity index (χ1n) is 8.26. The lowest BCUT2D eigenvalue weighted by Crippen LogP contribution is -2.37. The normalized spacial score (nSPS) is 11.7. The van der Waals surface area contributed by atoms with Gasteiger partial charge in [0.1, 0.15) is 6.61 Å². The second-order valence-electron chi connectivity index (χ2n) is 5.71. The monoisotopic (exact) mass is 345 g/mol. The minimum absolute atomic E-state index is 0.0239. The number of nitrogens with one attached hydrogen (secondary N) is 1. The van der Waals surface area contributed by atoms with Crippen LogP contribution < -0.4 is 5.32 Å². The summed E-state index contributed by atoms with van der Waals surface area (Å²) >= 11 is 0. The van der Waals surface area contributed by atoms with Gasteiger partial charge in [0.2, 0.25) is 0 Å². The van der Waals surface area contributed by atoms with E-state index < -0.39 is 12.1 Å². The van der Waals surface area contributed by atoms with E-state index in [2.05, 4.69) is 10.3 Å². The van der Waals surface area contributed by atoms with E-state index in [1.165, 1.54) is 0 Å². The number of hydrogen-bond acceptors (Lipinski definition) is 4. The van der Waals surface area contributed by atoms with Crippen molar-refractivity contribution in [1.82, 2.24) is 14.9 Å². The highest BCUT2D eigenvalue weighted by Crippen LogP contribution is 2.09. The Bertz CT molecular complexity index is 685. The minimum atomic E-state index is -0.895. The van der Waals surface area contributed by atoms with E-state index in [4.69, 9.17) is 9.84 Å². The van der Waals surface area contributed by atoms with E-state index in [9.17, 15) is 9.59 Å². The van der Waals surface area contributed by atoms with Crippen molar-refractivity contribution in [3.63, 3.8) is 0 Å². The Morgan fingerprint density at radius 1 is 1.32 bits per heavy atom. The smallest absolute Gasteiger partial charge is 0.407 e. The number of nitrogens with zero attached hydrogens (tertiary/aromatic N) is 2. The third kappa shape index (κ3) is 6.29. The van der Waals surface area contributed by atoms with E-state index in [0.29, 0.717) is 12.8 Å². The fourth-order valence-electron chi connectivity index (χ4n) is 2.51. The standard InChI is InChI=1S/C18H23N3O4/c1-2-21-13-19-11-16(21)10-15(8-9-17(22)23)20-18(24)25-12-14-6-4-3-5-7-14/h3-7,11,13,15H,2,8-10,12H2,1H3,(H,20,24)(H,22,23). The lowest BCUT2D eigenvalue weighted by atomic mass is 10.1. The summed E-state index contributed by atoms with van der Waals surface area (Å²) in [5, 5.41) is 11.7. The van der Waals surface area contributed by atoms with Crippen LogP contribution in [0.2, 0.25) is 0 Å². The van der Waals surface area contributed by atoms with Gasteiger partial charge in [-0.1, -0.05) is 30.3 Å². The fraction of sp³-hybridized carbons (Fsp3) is 0.389. The fourth-order valence-corrected chi connectivity index (χ4v) is 2.51. The number of rotatable bonds is 9. The third-order valence-corrected chi connectivity index (χ3v) is 3.84. The van der Waals surface area contributed by atoms with E-state index in [1.54, 1.807) is 12.5 Å². The molecule has 0 spiro atoms. The Hall–Kier alpha value is -2.83. The van der Waals surface area contributed by atoms with Crippen LogP contribution >= 0.6 is 0 Å². The molecular weight excluding hydrogens is 322 g/mol. The highest BCUT2D eigenvalue weighted by Gasteiger charge is 2.17. The first-order chi connectivity index (χ1) is 12.1. The second kappa shape index (κ2) is 9.46. The predicted molar refractivity (Wildman–Crippen MR) is 92.0 cm³/mol. The largest absolute Gasteiger partial charge is 0.481 e. The van der Waals surface area contributed by atoms with E-state index in [1.807, 2.05) is 41.8 Å². The van der Waals surface area contributed by atoms with Crippen molar-refractivity contribution in [2.45, 2.75) is 45.4 Å². The maximum atomic E-state index is 12.1. The molecule has 2 rings (SSSR count). The SMILES string of the molecule is CCn1cncc1CC(CCC(=O)O)NC(=O)OCc1ccccc1. The number of carboxylic acid groups (broad SMARTS) is 1. The molecule has 2 aromatic rings. The van der Waals surface area contributed by atoms with Crippen molar-refractivity contribution in [2.75, 3.05) is 0 Å². The van der Waals surface area contributed by atoms with Gasteiger partial charge >= 0.3 is 12.1 Å². The zero-order valence-corrected chi connectivity index (χ0v) is 14.2. The maximum Gasteiger partial charge on any atom is 0.407 e. The van der Waals surface area contributed by atoms with E-state index >= 15 is 0 Å². The van der Waals surface area contributed by atoms with Crippen molar-refractivity contribution in [1.29, 1.82) is 0 Å². The number of carbonyl (C=O) groups excluding carboxylic acids is 1. The summed E-state index contributed by atoms with van der Waals surface area (Å²) in [6, 6.07) is 9.05. The Balaban J connectivity index is 1.92. The van der Waals surface area contributed by atoms with Crippen molar-refractivity contribution in [3.05, 3.63) is 54.1 Å². The number of alkyl carbamates (subject to hydrolysis) is 1. The van der Waals surface area contributed by atoms with Gasteiger partial charge < -0.3 is 19.7 Å². The first-order valence-corrected chi connectivity index (χ1v) is 8.26. The van der Waals surface area contributed by atoms with Crippen molar-refractivity contribution < 1.29 is 19.4 Å². The van der Waals surface area contributed by atoms with Crippen LogP contribution in [-0.4, -0.2) is 32.8 Å². The Kier molecular flexibility index (Phi) is 7.00. The molecule has 0 aliphatic heterocycles. The minimum Gasteiger partial charge on any atom is -0.481 e. The molecule has 0 fully saturated rings. The molecule has 1 heterocycles. The number of aryl methyl sites for hydroxylation is 1. The van der Waals surface area contributed by atoms with Crippen LogP contribution in [0.3, 0.4) is 0 Å². The molecule has 0 saturated heterocycles. The lowest BCUT2D eigenvalue weighted by molar-refractivity contribution is -0.137. The summed E-state index contributed by atoms with van der Waals surface area (Å²) in [7, 11) is 0. The summed E-state index contributed by atoms with van der Waals surface area (Å²) in [5.74, 6) is -0.895. The van der Waals surface area contributed by atoms with Gasteiger partial charge in [-0.2, -0.15) is 0 Å². The van der Waals surface area contributed by atoms with Crippen LogP contribution in [0, 0.1) is 0 Å². The zero-order valence-electron chi connectivity index (χ0n) is 14.2.